The van der Waals surface area contributed by atoms with Crippen LogP contribution in [0.1, 0.15) is 32.8 Å². The largest absolute Gasteiger partial charge is 0.508 e. The highest BCUT2D eigenvalue weighted by Crippen LogP contribution is 2.21. The predicted octanol–water partition coefficient (Wildman–Crippen LogP) is 2.09. The summed E-state index contributed by atoms with van der Waals surface area (Å²) in [7, 11) is 0. The summed E-state index contributed by atoms with van der Waals surface area (Å²) in [5, 5.41) is 9.82. The first-order valence-electron chi connectivity index (χ1n) is 9.99. The molecule has 1 aromatic carbocycles. The highest BCUT2D eigenvalue weighted by molar-refractivity contribution is 5.76. The lowest BCUT2D eigenvalue weighted by atomic mass is 10.1. The molecule has 2 heterocycles. The molecule has 0 atom stereocenters. The van der Waals surface area contributed by atoms with Crippen LogP contribution in [0.25, 0.3) is 0 Å². The molecule has 7 heteroatoms. The minimum Gasteiger partial charge on any atom is -0.508 e. The van der Waals surface area contributed by atoms with E-state index in [1.54, 1.807) is 17.0 Å². The van der Waals surface area contributed by atoms with E-state index in [0.29, 0.717) is 45.1 Å². The molecule has 0 aromatic heterocycles. The number of phenolic OH excluding ortho intramolecular Hbond substituents is 1. The number of amides is 2. The summed E-state index contributed by atoms with van der Waals surface area (Å²) in [6.07, 6.45) is 0.716. The van der Waals surface area contributed by atoms with Crippen molar-refractivity contribution < 1.29 is 19.4 Å². The van der Waals surface area contributed by atoms with Crippen molar-refractivity contribution in [2.45, 2.75) is 45.3 Å². The lowest BCUT2D eigenvalue weighted by molar-refractivity contribution is -0.133. The maximum atomic E-state index is 12.5. The van der Waals surface area contributed by atoms with Crippen molar-refractivity contribution in [2.24, 2.45) is 0 Å². The number of hydrogen-bond donors (Lipinski definition) is 1. The average Bonchev–Trinajstić information content (AvgIpc) is 2.58. The summed E-state index contributed by atoms with van der Waals surface area (Å²) in [5.74, 6) is 0.381. The van der Waals surface area contributed by atoms with Gasteiger partial charge in [0.15, 0.2) is 0 Å². The molecule has 2 aliphatic rings. The van der Waals surface area contributed by atoms with Crippen LogP contribution >= 0.6 is 0 Å². The van der Waals surface area contributed by atoms with Gasteiger partial charge in [-0.15, -0.1) is 0 Å². The molecule has 2 fully saturated rings. The van der Waals surface area contributed by atoms with Crippen molar-refractivity contribution in [1.29, 1.82) is 0 Å². The third-order valence-electron chi connectivity index (χ3n) is 5.30. The van der Waals surface area contributed by atoms with Gasteiger partial charge in [-0.25, -0.2) is 4.79 Å². The quantitative estimate of drug-likeness (QED) is 0.854. The topological polar surface area (TPSA) is 73.3 Å². The van der Waals surface area contributed by atoms with Gasteiger partial charge in [-0.2, -0.15) is 0 Å². The number of phenols is 1. The third kappa shape index (κ3) is 5.16. The van der Waals surface area contributed by atoms with E-state index in [-0.39, 0.29) is 17.7 Å². The highest BCUT2D eigenvalue weighted by Gasteiger charge is 2.38. The number of carbonyl (C=O) groups excluding carboxylic acids is 2. The Balaban J connectivity index is 1.38. The summed E-state index contributed by atoms with van der Waals surface area (Å²) in [6.45, 7) is 10.1. The normalized spacial score (nSPS) is 18.7. The van der Waals surface area contributed by atoms with E-state index in [0.717, 1.165) is 18.7 Å². The molecular formula is C21H31N3O4. The van der Waals surface area contributed by atoms with Gasteiger partial charge < -0.3 is 19.6 Å². The zero-order valence-corrected chi connectivity index (χ0v) is 17.1. The van der Waals surface area contributed by atoms with Gasteiger partial charge in [-0.3, -0.25) is 9.69 Å². The maximum Gasteiger partial charge on any atom is 0.410 e. The Labute approximate surface area is 166 Å². The standard InChI is InChI=1S/C21H31N3O4/c1-21(2,3)28-20(27)24-14-17(15-24)22-10-12-23(13-11-22)19(26)9-8-16-6-4-5-7-18(16)25/h4-7,17,25H,8-15H2,1-3H3. The molecule has 0 unspecified atom stereocenters. The number of likely N-dealkylation sites (tertiary alicyclic amines) is 1. The van der Waals surface area contributed by atoms with Crippen molar-refractivity contribution in [1.82, 2.24) is 14.7 Å². The van der Waals surface area contributed by atoms with Gasteiger partial charge in [-0.05, 0) is 38.8 Å². The molecule has 0 saturated carbocycles. The van der Waals surface area contributed by atoms with Crippen LogP contribution in [-0.2, 0) is 16.0 Å². The lowest BCUT2D eigenvalue weighted by Gasteiger charge is -2.48. The number of aromatic hydroxyl groups is 1. The second kappa shape index (κ2) is 8.39. The van der Waals surface area contributed by atoms with Crippen molar-refractivity contribution in [3.8, 4) is 5.75 Å². The minimum absolute atomic E-state index is 0.131. The molecule has 0 radical (unpaired) electrons. The maximum absolute atomic E-state index is 12.5. The lowest BCUT2D eigenvalue weighted by Crippen LogP contribution is -2.64. The summed E-state index contributed by atoms with van der Waals surface area (Å²) in [5.41, 5.74) is 0.344. The number of hydrogen-bond acceptors (Lipinski definition) is 5. The number of benzene rings is 1. The fourth-order valence-electron chi connectivity index (χ4n) is 3.62. The Morgan fingerprint density at radius 1 is 1.07 bits per heavy atom. The molecule has 0 bridgehead atoms. The Morgan fingerprint density at radius 2 is 1.71 bits per heavy atom. The van der Waals surface area contributed by atoms with Crippen LogP contribution in [-0.4, -0.2) is 82.7 Å². The fraction of sp³-hybridized carbons (Fsp3) is 0.619. The average molecular weight is 389 g/mol. The van der Waals surface area contributed by atoms with Gasteiger partial charge in [0.05, 0.1) is 0 Å². The fourth-order valence-corrected chi connectivity index (χ4v) is 3.62. The number of piperazine rings is 1. The minimum atomic E-state index is -0.468. The molecule has 2 saturated heterocycles. The highest BCUT2D eigenvalue weighted by atomic mass is 16.6. The van der Waals surface area contributed by atoms with Crippen molar-refractivity contribution in [2.75, 3.05) is 39.3 Å². The van der Waals surface area contributed by atoms with Gasteiger partial charge in [-0.1, -0.05) is 18.2 Å². The molecule has 154 valence electrons. The van der Waals surface area contributed by atoms with E-state index >= 15 is 0 Å². The van der Waals surface area contributed by atoms with Crippen LogP contribution in [0.3, 0.4) is 0 Å². The second-order valence-corrected chi connectivity index (χ2v) is 8.58. The summed E-state index contributed by atoms with van der Waals surface area (Å²) < 4.78 is 5.40. The van der Waals surface area contributed by atoms with Gasteiger partial charge in [0.1, 0.15) is 11.4 Å². The number of para-hydroxylation sites is 1. The van der Waals surface area contributed by atoms with E-state index in [9.17, 15) is 14.7 Å². The monoisotopic (exact) mass is 389 g/mol. The first kappa shape index (κ1) is 20.5. The van der Waals surface area contributed by atoms with Gasteiger partial charge >= 0.3 is 6.09 Å². The second-order valence-electron chi connectivity index (χ2n) is 8.58. The zero-order valence-electron chi connectivity index (χ0n) is 17.1. The first-order valence-corrected chi connectivity index (χ1v) is 9.99. The molecule has 2 aliphatic heterocycles. The number of nitrogens with zero attached hydrogens (tertiary/aromatic N) is 3. The number of rotatable bonds is 4. The van der Waals surface area contributed by atoms with Crippen molar-refractivity contribution >= 4 is 12.0 Å². The van der Waals surface area contributed by atoms with Crippen LogP contribution in [0.4, 0.5) is 4.79 Å². The van der Waals surface area contributed by atoms with Crippen LogP contribution in [0.2, 0.25) is 0 Å². The predicted molar refractivity (Wildman–Crippen MR) is 106 cm³/mol. The third-order valence-corrected chi connectivity index (χ3v) is 5.30. The van der Waals surface area contributed by atoms with E-state index in [4.69, 9.17) is 4.74 Å². The van der Waals surface area contributed by atoms with E-state index in [1.807, 2.05) is 37.8 Å². The van der Waals surface area contributed by atoms with Crippen LogP contribution in [0, 0.1) is 0 Å². The molecule has 1 aromatic rings. The number of ether oxygens (including phenoxy) is 1. The SMILES string of the molecule is CC(C)(C)OC(=O)N1CC(N2CCN(C(=O)CCc3ccccc3O)CC2)C1. The van der Waals surface area contributed by atoms with E-state index in [1.165, 1.54) is 0 Å². The molecule has 28 heavy (non-hydrogen) atoms. The summed E-state index contributed by atoms with van der Waals surface area (Å²) in [6, 6.07) is 7.51. The first-order chi connectivity index (χ1) is 13.2. The molecule has 0 spiro atoms. The number of aryl methyl sites for hydroxylation is 1. The Hall–Kier alpha value is -2.28. The number of carbonyl (C=O) groups is 2. The zero-order chi connectivity index (χ0) is 20.3. The van der Waals surface area contributed by atoms with Crippen LogP contribution < -0.4 is 0 Å². The van der Waals surface area contributed by atoms with Gasteiger partial charge in [0.2, 0.25) is 5.91 Å². The van der Waals surface area contributed by atoms with Crippen molar-refractivity contribution in [3.05, 3.63) is 29.8 Å². The van der Waals surface area contributed by atoms with Crippen molar-refractivity contribution in [3.63, 3.8) is 0 Å². The molecule has 3 rings (SSSR count). The van der Waals surface area contributed by atoms with Gasteiger partial charge in [0.25, 0.3) is 0 Å². The van der Waals surface area contributed by atoms with Gasteiger partial charge in [0, 0.05) is 51.7 Å². The van der Waals surface area contributed by atoms with E-state index in [2.05, 4.69) is 4.90 Å². The Morgan fingerprint density at radius 3 is 2.32 bits per heavy atom. The van der Waals surface area contributed by atoms with Crippen LogP contribution in [0.5, 0.6) is 5.75 Å². The molecule has 2 amide bonds. The van der Waals surface area contributed by atoms with E-state index < -0.39 is 5.60 Å². The summed E-state index contributed by atoms with van der Waals surface area (Å²) in [4.78, 5) is 30.5. The summed E-state index contributed by atoms with van der Waals surface area (Å²) >= 11 is 0. The molecule has 0 aliphatic carbocycles. The van der Waals surface area contributed by atoms with Crippen LogP contribution in [0.15, 0.2) is 24.3 Å². The Bertz CT molecular complexity index is 702. The molecule has 1 N–H and O–H groups in total. The molecule has 7 nitrogen and oxygen atoms in total. The Kier molecular flexibility index (Phi) is 6.13. The smallest absolute Gasteiger partial charge is 0.410 e. The molecular weight excluding hydrogens is 358 g/mol.